The van der Waals surface area contributed by atoms with Crippen LogP contribution in [-0.4, -0.2) is 13.7 Å². The molecule has 0 bridgehead atoms. The van der Waals surface area contributed by atoms with E-state index in [4.69, 9.17) is 4.74 Å². The highest BCUT2D eigenvalue weighted by Crippen LogP contribution is 2.32. The van der Waals surface area contributed by atoms with Gasteiger partial charge in [0.1, 0.15) is 5.76 Å². The molecule has 1 atom stereocenters. The summed E-state index contributed by atoms with van der Waals surface area (Å²) in [5, 5.41) is 3.31. The maximum atomic E-state index is 5.74. The van der Waals surface area contributed by atoms with Crippen LogP contribution in [0.5, 0.6) is 0 Å². The van der Waals surface area contributed by atoms with E-state index in [1.54, 1.807) is 0 Å². The SMILES string of the molecule is CNC(C1=CCCCO1)c1ccc(Br)cc1Br. The summed E-state index contributed by atoms with van der Waals surface area (Å²) in [6.07, 6.45) is 4.39. The summed E-state index contributed by atoms with van der Waals surface area (Å²) in [5.74, 6) is 1.03. The van der Waals surface area contributed by atoms with E-state index >= 15 is 0 Å². The maximum absolute atomic E-state index is 5.74. The second kappa shape index (κ2) is 6.03. The number of allylic oxidation sites excluding steroid dienone is 1. The molecule has 1 aromatic rings. The largest absolute Gasteiger partial charge is 0.496 e. The molecule has 0 radical (unpaired) electrons. The summed E-state index contributed by atoms with van der Waals surface area (Å²) in [4.78, 5) is 0. The fourth-order valence-corrected chi connectivity index (χ4v) is 3.24. The van der Waals surface area contributed by atoms with Gasteiger partial charge in [-0.2, -0.15) is 0 Å². The maximum Gasteiger partial charge on any atom is 0.113 e. The zero-order valence-corrected chi connectivity index (χ0v) is 12.8. The number of likely N-dealkylation sites (N-methyl/N-ethyl adjacent to an activating group) is 1. The lowest BCUT2D eigenvalue weighted by Gasteiger charge is -2.24. The van der Waals surface area contributed by atoms with Crippen LogP contribution >= 0.6 is 31.9 Å². The van der Waals surface area contributed by atoms with E-state index in [0.29, 0.717) is 0 Å². The highest BCUT2D eigenvalue weighted by atomic mass is 79.9. The third-order valence-corrected chi connectivity index (χ3v) is 3.99. The van der Waals surface area contributed by atoms with Gasteiger partial charge >= 0.3 is 0 Å². The van der Waals surface area contributed by atoms with Crippen molar-refractivity contribution in [2.45, 2.75) is 18.9 Å². The Morgan fingerprint density at radius 3 is 2.76 bits per heavy atom. The molecule has 92 valence electrons. The number of halogens is 2. The Bertz CT molecular complexity index is 431. The van der Waals surface area contributed by atoms with Crippen molar-refractivity contribution in [1.29, 1.82) is 0 Å². The van der Waals surface area contributed by atoms with E-state index in [2.05, 4.69) is 55.4 Å². The van der Waals surface area contributed by atoms with Crippen molar-refractivity contribution >= 4 is 31.9 Å². The molecule has 0 aromatic heterocycles. The highest BCUT2D eigenvalue weighted by molar-refractivity contribution is 9.11. The summed E-state index contributed by atoms with van der Waals surface area (Å²) in [6.45, 7) is 0.818. The van der Waals surface area contributed by atoms with E-state index in [0.717, 1.165) is 34.2 Å². The molecule has 1 aliphatic heterocycles. The summed E-state index contributed by atoms with van der Waals surface area (Å²) < 4.78 is 7.89. The third-order valence-electron chi connectivity index (χ3n) is 2.81. The zero-order chi connectivity index (χ0) is 12.3. The van der Waals surface area contributed by atoms with E-state index < -0.39 is 0 Å². The molecule has 1 N–H and O–H groups in total. The molecule has 2 rings (SSSR count). The van der Waals surface area contributed by atoms with Crippen LogP contribution in [0.1, 0.15) is 24.4 Å². The van der Waals surface area contributed by atoms with Crippen molar-refractivity contribution in [3.8, 4) is 0 Å². The van der Waals surface area contributed by atoms with Crippen molar-refractivity contribution in [3.05, 3.63) is 44.5 Å². The number of rotatable bonds is 3. The Labute approximate surface area is 119 Å². The topological polar surface area (TPSA) is 21.3 Å². The average Bonchev–Trinajstić information content (AvgIpc) is 2.34. The second-order valence-corrected chi connectivity index (χ2v) is 5.75. The number of benzene rings is 1. The van der Waals surface area contributed by atoms with Crippen LogP contribution in [0.15, 0.2) is 39.0 Å². The predicted molar refractivity (Wildman–Crippen MR) is 76.9 cm³/mol. The monoisotopic (exact) mass is 359 g/mol. The molecule has 1 aliphatic rings. The molecular formula is C13H15Br2NO. The Kier molecular flexibility index (Phi) is 4.65. The average molecular weight is 361 g/mol. The minimum atomic E-state index is 0.123. The molecule has 1 heterocycles. The summed E-state index contributed by atoms with van der Waals surface area (Å²) >= 11 is 7.07. The molecule has 0 fully saturated rings. The van der Waals surface area contributed by atoms with Crippen LogP contribution in [0.25, 0.3) is 0 Å². The van der Waals surface area contributed by atoms with E-state index in [1.807, 2.05) is 13.1 Å². The molecule has 0 saturated heterocycles. The smallest absolute Gasteiger partial charge is 0.113 e. The predicted octanol–water partition coefficient (Wildman–Crippen LogP) is 4.17. The van der Waals surface area contributed by atoms with Gasteiger partial charge in [0.2, 0.25) is 0 Å². The summed E-state index contributed by atoms with van der Waals surface area (Å²) in [7, 11) is 1.96. The number of ether oxygens (including phenoxy) is 1. The lowest BCUT2D eigenvalue weighted by atomic mass is 10.0. The van der Waals surface area contributed by atoms with Gasteiger partial charge in [-0.3, -0.25) is 0 Å². The van der Waals surface area contributed by atoms with Crippen molar-refractivity contribution in [2.24, 2.45) is 0 Å². The first-order valence-corrected chi connectivity index (χ1v) is 7.26. The second-order valence-electron chi connectivity index (χ2n) is 3.98. The van der Waals surface area contributed by atoms with Gasteiger partial charge in [-0.25, -0.2) is 0 Å². The molecule has 1 unspecified atom stereocenters. The first-order valence-electron chi connectivity index (χ1n) is 5.67. The molecule has 4 heteroatoms. The third kappa shape index (κ3) is 3.12. The Balaban J connectivity index is 2.31. The molecule has 2 nitrogen and oxygen atoms in total. The molecule has 0 saturated carbocycles. The number of nitrogens with one attached hydrogen (secondary N) is 1. The summed E-state index contributed by atoms with van der Waals surface area (Å²) in [6, 6.07) is 6.34. The molecule has 0 amide bonds. The van der Waals surface area contributed by atoms with Crippen LogP contribution in [-0.2, 0) is 4.74 Å². The number of hydrogen-bond donors (Lipinski definition) is 1. The Hall–Kier alpha value is -0.320. The van der Waals surface area contributed by atoms with Gasteiger partial charge < -0.3 is 10.1 Å². The van der Waals surface area contributed by atoms with E-state index in [1.165, 1.54) is 5.56 Å². The summed E-state index contributed by atoms with van der Waals surface area (Å²) in [5.41, 5.74) is 1.20. The van der Waals surface area contributed by atoms with Crippen molar-refractivity contribution < 1.29 is 4.74 Å². The molecular weight excluding hydrogens is 346 g/mol. The fraction of sp³-hybridized carbons (Fsp3) is 0.385. The van der Waals surface area contributed by atoms with Crippen molar-refractivity contribution in [2.75, 3.05) is 13.7 Å². The lowest BCUT2D eigenvalue weighted by molar-refractivity contribution is 0.169. The van der Waals surface area contributed by atoms with Crippen LogP contribution in [0.2, 0.25) is 0 Å². The number of hydrogen-bond acceptors (Lipinski definition) is 2. The first kappa shape index (κ1) is 13.1. The van der Waals surface area contributed by atoms with Gasteiger partial charge in [0.15, 0.2) is 0 Å². The zero-order valence-electron chi connectivity index (χ0n) is 9.67. The Morgan fingerprint density at radius 2 is 2.18 bits per heavy atom. The van der Waals surface area contributed by atoms with Crippen LogP contribution < -0.4 is 5.32 Å². The normalized spacial score (nSPS) is 17.2. The van der Waals surface area contributed by atoms with Crippen molar-refractivity contribution in [3.63, 3.8) is 0 Å². The molecule has 0 aliphatic carbocycles. The van der Waals surface area contributed by atoms with Gasteiger partial charge in [-0.1, -0.05) is 37.9 Å². The van der Waals surface area contributed by atoms with Gasteiger partial charge in [0, 0.05) is 8.95 Å². The standard InChI is InChI=1S/C13H15Br2NO/c1-16-13(12-4-2-3-7-17-12)10-6-5-9(14)8-11(10)15/h4-6,8,13,16H,2-3,7H2,1H3. The molecule has 1 aromatic carbocycles. The quantitative estimate of drug-likeness (QED) is 0.873. The first-order chi connectivity index (χ1) is 8.22. The van der Waals surface area contributed by atoms with Crippen LogP contribution in [0.4, 0.5) is 0 Å². The fourth-order valence-electron chi connectivity index (χ4n) is 1.96. The molecule has 0 spiro atoms. The Morgan fingerprint density at radius 1 is 1.35 bits per heavy atom. The highest BCUT2D eigenvalue weighted by Gasteiger charge is 2.20. The van der Waals surface area contributed by atoms with Gasteiger partial charge in [0.05, 0.1) is 12.6 Å². The van der Waals surface area contributed by atoms with E-state index in [-0.39, 0.29) is 6.04 Å². The van der Waals surface area contributed by atoms with Gasteiger partial charge in [-0.05, 0) is 43.7 Å². The van der Waals surface area contributed by atoms with Gasteiger partial charge in [-0.15, -0.1) is 0 Å². The van der Waals surface area contributed by atoms with Crippen LogP contribution in [0.3, 0.4) is 0 Å². The van der Waals surface area contributed by atoms with Gasteiger partial charge in [0.25, 0.3) is 0 Å². The van der Waals surface area contributed by atoms with Crippen molar-refractivity contribution in [1.82, 2.24) is 5.32 Å². The minimum absolute atomic E-state index is 0.123. The molecule has 17 heavy (non-hydrogen) atoms. The van der Waals surface area contributed by atoms with E-state index in [9.17, 15) is 0 Å². The van der Waals surface area contributed by atoms with Crippen LogP contribution in [0, 0.1) is 0 Å². The minimum Gasteiger partial charge on any atom is -0.496 e. The lowest BCUT2D eigenvalue weighted by Crippen LogP contribution is -2.22.